The molecule has 6 nitrogen and oxygen atoms in total. The highest BCUT2D eigenvalue weighted by molar-refractivity contribution is 14.0. The van der Waals surface area contributed by atoms with Gasteiger partial charge < -0.3 is 15.5 Å². The van der Waals surface area contributed by atoms with Gasteiger partial charge in [0.25, 0.3) is 0 Å². The van der Waals surface area contributed by atoms with Crippen molar-refractivity contribution in [3.05, 3.63) is 0 Å². The van der Waals surface area contributed by atoms with Crippen LogP contribution in [-0.2, 0) is 15.6 Å². The lowest BCUT2D eigenvalue weighted by atomic mass is 10.1. The molecule has 1 aliphatic rings. The number of hydrogen-bond donors (Lipinski definition) is 2. The van der Waals surface area contributed by atoms with E-state index in [0.717, 1.165) is 31.9 Å². The Morgan fingerprint density at radius 3 is 2.30 bits per heavy atom. The first kappa shape index (κ1) is 22.6. The van der Waals surface area contributed by atoms with Gasteiger partial charge in [0.05, 0.1) is 0 Å². The minimum absolute atomic E-state index is 0. The van der Waals surface area contributed by atoms with Crippen LogP contribution in [0.2, 0.25) is 0 Å². The van der Waals surface area contributed by atoms with Gasteiger partial charge in [0.1, 0.15) is 0 Å². The van der Waals surface area contributed by atoms with Gasteiger partial charge in [-0.25, -0.2) is 0 Å². The van der Waals surface area contributed by atoms with Crippen molar-refractivity contribution in [2.24, 2.45) is 4.99 Å². The molecule has 0 radical (unpaired) electrons. The standard InChI is InChI=1S/C15H30N4O2S.HI/c1-12(20)19-9-6-13(7-10-19)18-14(16-5)17-8-11-22(21)15(2,3)4;/h13H,6-11H2,1-5H3,(H2,16,17,18);1H. The Morgan fingerprint density at radius 1 is 1.30 bits per heavy atom. The zero-order valence-corrected chi connectivity index (χ0v) is 18.0. The Bertz CT molecular complexity index is 430. The summed E-state index contributed by atoms with van der Waals surface area (Å²) < 4.78 is 11.8. The zero-order valence-electron chi connectivity index (χ0n) is 14.8. The number of nitrogens with one attached hydrogen (secondary N) is 2. The van der Waals surface area contributed by atoms with E-state index in [1.807, 2.05) is 25.7 Å². The first-order valence-corrected chi connectivity index (χ1v) is 9.17. The summed E-state index contributed by atoms with van der Waals surface area (Å²) in [5, 5.41) is 6.60. The van der Waals surface area contributed by atoms with Gasteiger partial charge in [0, 0.05) is 60.9 Å². The van der Waals surface area contributed by atoms with Crippen molar-refractivity contribution in [2.75, 3.05) is 32.4 Å². The van der Waals surface area contributed by atoms with Crippen molar-refractivity contribution in [3.8, 4) is 0 Å². The van der Waals surface area contributed by atoms with Crippen LogP contribution >= 0.6 is 24.0 Å². The number of hydrogen-bond acceptors (Lipinski definition) is 3. The molecule has 1 amide bonds. The predicted octanol–water partition coefficient (Wildman–Crippen LogP) is 1.33. The number of aliphatic imine (C=N–C) groups is 1. The van der Waals surface area contributed by atoms with Gasteiger partial charge in [0.15, 0.2) is 5.96 Å². The molecule has 1 unspecified atom stereocenters. The van der Waals surface area contributed by atoms with E-state index in [1.165, 1.54) is 0 Å². The molecule has 1 aliphatic heterocycles. The zero-order chi connectivity index (χ0) is 16.8. The Kier molecular flexibility index (Phi) is 10.3. The smallest absolute Gasteiger partial charge is 0.219 e. The van der Waals surface area contributed by atoms with Crippen LogP contribution in [0.4, 0.5) is 0 Å². The first-order valence-electron chi connectivity index (χ1n) is 7.85. The molecular weight excluding hydrogens is 427 g/mol. The van der Waals surface area contributed by atoms with Crippen LogP contribution in [0.25, 0.3) is 0 Å². The Morgan fingerprint density at radius 2 is 1.87 bits per heavy atom. The maximum atomic E-state index is 12.0. The number of piperidine rings is 1. The molecule has 1 fully saturated rings. The van der Waals surface area contributed by atoms with E-state index < -0.39 is 10.8 Å². The molecule has 136 valence electrons. The fourth-order valence-electron chi connectivity index (χ4n) is 2.30. The van der Waals surface area contributed by atoms with Gasteiger partial charge in [0.2, 0.25) is 5.91 Å². The summed E-state index contributed by atoms with van der Waals surface area (Å²) in [6.45, 7) is 9.78. The number of nitrogens with zero attached hydrogens (tertiary/aromatic N) is 2. The van der Waals surface area contributed by atoms with Crippen molar-refractivity contribution >= 4 is 46.6 Å². The number of guanidine groups is 1. The summed E-state index contributed by atoms with van der Waals surface area (Å²) in [6, 6.07) is 0.329. The second kappa shape index (κ2) is 10.5. The highest BCUT2D eigenvalue weighted by Crippen LogP contribution is 2.11. The lowest BCUT2D eigenvalue weighted by molar-refractivity contribution is -0.129. The SMILES string of the molecule is CN=C(NCCS(=O)C(C)(C)C)NC1CCN(C(C)=O)CC1.I. The summed E-state index contributed by atoms with van der Waals surface area (Å²) in [7, 11) is 0.875. The molecule has 0 saturated carbocycles. The summed E-state index contributed by atoms with van der Waals surface area (Å²) in [5.41, 5.74) is 0. The monoisotopic (exact) mass is 458 g/mol. The largest absolute Gasteiger partial charge is 0.355 e. The average Bonchev–Trinajstić information content (AvgIpc) is 2.45. The molecule has 23 heavy (non-hydrogen) atoms. The van der Waals surface area contributed by atoms with Gasteiger partial charge in [-0.1, -0.05) is 0 Å². The first-order chi connectivity index (χ1) is 10.2. The van der Waals surface area contributed by atoms with Crippen LogP contribution < -0.4 is 10.6 Å². The maximum Gasteiger partial charge on any atom is 0.219 e. The Hall–Kier alpha value is -0.380. The third-order valence-corrected chi connectivity index (χ3v) is 5.71. The van der Waals surface area contributed by atoms with Crippen molar-refractivity contribution in [1.29, 1.82) is 0 Å². The van der Waals surface area contributed by atoms with Gasteiger partial charge in [-0.15, -0.1) is 24.0 Å². The number of amides is 1. The Labute approximate surface area is 159 Å². The number of rotatable bonds is 4. The van der Waals surface area contributed by atoms with Gasteiger partial charge in [-0.2, -0.15) is 0 Å². The van der Waals surface area contributed by atoms with Crippen LogP contribution in [0.1, 0.15) is 40.5 Å². The van der Waals surface area contributed by atoms with E-state index in [4.69, 9.17) is 0 Å². The molecule has 2 N–H and O–H groups in total. The minimum Gasteiger partial charge on any atom is -0.355 e. The topological polar surface area (TPSA) is 73.8 Å². The molecule has 0 aliphatic carbocycles. The minimum atomic E-state index is -0.862. The fraction of sp³-hybridized carbons (Fsp3) is 0.867. The molecule has 0 aromatic carbocycles. The van der Waals surface area contributed by atoms with E-state index in [2.05, 4.69) is 15.6 Å². The second-order valence-corrected chi connectivity index (χ2v) is 8.91. The fourth-order valence-corrected chi connectivity index (χ4v) is 3.19. The average molecular weight is 458 g/mol. The molecule has 0 aromatic heterocycles. The highest BCUT2D eigenvalue weighted by Gasteiger charge is 2.22. The molecule has 0 spiro atoms. The third kappa shape index (κ3) is 8.32. The second-order valence-electron chi connectivity index (χ2n) is 6.59. The number of carbonyl (C=O) groups excluding carboxylic acids is 1. The Balaban J connectivity index is 0.00000484. The summed E-state index contributed by atoms with van der Waals surface area (Å²) in [5.74, 6) is 1.49. The maximum absolute atomic E-state index is 12.0. The highest BCUT2D eigenvalue weighted by atomic mass is 127. The van der Waals surface area contributed by atoms with Gasteiger partial charge in [-0.3, -0.25) is 14.0 Å². The van der Waals surface area contributed by atoms with Crippen LogP contribution in [0.15, 0.2) is 4.99 Å². The third-order valence-electron chi connectivity index (χ3n) is 3.77. The number of carbonyl (C=O) groups is 1. The van der Waals surface area contributed by atoms with Crippen LogP contribution in [0.3, 0.4) is 0 Å². The van der Waals surface area contributed by atoms with Crippen molar-refractivity contribution in [1.82, 2.24) is 15.5 Å². The van der Waals surface area contributed by atoms with Gasteiger partial charge in [-0.05, 0) is 33.6 Å². The van der Waals surface area contributed by atoms with Crippen LogP contribution in [-0.4, -0.2) is 64.2 Å². The van der Waals surface area contributed by atoms with Crippen LogP contribution in [0, 0.1) is 0 Å². The summed E-state index contributed by atoms with van der Waals surface area (Å²) in [6.07, 6.45) is 1.85. The number of halogens is 1. The molecular formula is C15H31IN4O2S. The lowest BCUT2D eigenvalue weighted by Gasteiger charge is -2.32. The predicted molar refractivity (Wildman–Crippen MR) is 108 cm³/mol. The summed E-state index contributed by atoms with van der Waals surface area (Å²) in [4.78, 5) is 17.4. The van der Waals surface area contributed by atoms with Crippen molar-refractivity contribution in [2.45, 2.75) is 51.3 Å². The summed E-state index contributed by atoms with van der Waals surface area (Å²) >= 11 is 0. The van der Waals surface area contributed by atoms with Gasteiger partial charge >= 0.3 is 0 Å². The molecule has 0 bridgehead atoms. The van der Waals surface area contributed by atoms with Crippen molar-refractivity contribution in [3.63, 3.8) is 0 Å². The van der Waals surface area contributed by atoms with E-state index in [9.17, 15) is 9.00 Å². The molecule has 8 heteroatoms. The van der Waals surface area contributed by atoms with E-state index >= 15 is 0 Å². The quantitative estimate of drug-likeness (QED) is 0.379. The number of likely N-dealkylation sites (tertiary alicyclic amines) is 1. The molecule has 1 heterocycles. The normalized spacial score (nSPS) is 18.1. The molecule has 1 rings (SSSR count). The van der Waals surface area contributed by atoms with E-state index in [-0.39, 0.29) is 34.6 Å². The van der Waals surface area contributed by atoms with E-state index in [0.29, 0.717) is 18.3 Å². The molecule has 1 saturated heterocycles. The van der Waals surface area contributed by atoms with E-state index in [1.54, 1.807) is 14.0 Å². The van der Waals surface area contributed by atoms with Crippen molar-refractivity contribution < 1.29 is 9.00 Å². The molecule has 1 atom stereocenters. The lowest BCUT2D eigenvalue weighted by Crippen LogP contribution is -2.50. The van der Waals surface area contributed by atoms with Crippen LogP contribution in [0.5, 0.6) is 0 Å². The molecule has 0 aromatic rings.